The second-order valence-electron chi connectivity index (χ2n) is 6.58. The fourth-order valence-corrected chi connectivity index (χ4v) is 3.45. The van der Waals surface area contributed by atoms with E-state index in [-0.39, 0.29) is 5.92 Å². The number of anilines is 1. The first-order valence-corrected chi connectivity index (χ1v) is 8.83. The van der Waals surface area contributed by atoms with Gasteiger partial charge in [0.1, 0.15) is 0 Å². The Morgan fingerprint density at radius 1 is 1.13 bits per heavy atom. The predicted octanol–water partition coefficient (Wildman–Crippen LogP) is 2.83. The Kier molecular flexibility index (Phi) is 6.46. The van der Waals surface area contributed by atoms with E-state index in [0.717, 1.165) is 45.6 Å². The molecule has 1 fully saturated rings. The molecule has 0 bridgehead atoms. The lowest BCUT2D eigenvalue weighted by Crippen LogP contribution is -2.42. The molecule has 1 aliphatic rings. The minimum atomic E-state index is 0.218. The SMILES string of the molecule is CCN(CC)C(=O)C1CCN(Cc2ccccc2N(C)C)CC1. The average molecular weight is 317 g/mol. The van der Waals surface area contributed by atoms with Gasteiger partial charge < -0.3 is 9.80 Å². The van der Waals surface area contributed by atoms with Crippen LogP contribution >= 0.6 is 0 Å². The minimum Gasteiger partial charge on any atom is -0.377 e. The Morgan fingerprint density at radius 3 is 2.30 bits per heavy atom. The first-order chi connectivity index (χ1) is 11.1. The molecule has 1 aliphatic heterocycles. The zero-order valence-corrected chi connectivity index (χ0v) is 15.1. The van der Waals surface area contributed by atoms with E-state index in [1.54, 1.807) is 0 Å². The van der Waals surface area contributed by atoms with E-state index in [1.165, 1.54) is 11.3 Å². The third-order valence-corrected chi connectivity index (χ3v) is 4.88. The third kappa shape index (κ3) is 4.47. The maximum absolute atomic E-state index is 12.5. The van der Waals surface area contributed by atoms with Crippen molar-refractivity contribution in [2.24, 2.45) is 5.92 Å². The molecule has 1 saturated heterocycles. The highest BCUT2D eigenvalue weighted by Gasteiger charge is 2.27. The summed E-state index contributed by atoms with van der Waals surface area (Å²) in [6.07, 6.45) is 1.97. The van der Waals surface area contributed by atoms with Crippen LogP contribution in [0.3, 0.4) is 0 Å². The molecule has 2 rings (SSSR count). The second-order valence-corrected chi connectivity index (χ2v) is 6.58. The predicted molar refractivity (Wildman–Crippen MR) is 96.7 cm³/mol. The van der Waals surface area contributed by atoms with Gasteiger partial charge in [-0.25, -0.2) is 0 Å². The number of nitrogens with zero attached hydrogens (tertiary/aromatic N) is 3. The van der Waals surface area contributed by atoms with Crippen molar-refractivity contribution in [3.8, 4) is 0 Å². The standard InChI is InChI=1S/C19H31N3O/c1-5-22(6-2)19(23)16-11-13-21(14-12-16)15-17-9-7-8-10-18(17)20(3)4/h7-10,16H,5-6,11-15H2,1-4H3. The van der Waals surface area contributed by atoms with Crippen molar-refractivity contribution in [2.75, 3.05) is 45.2 Å². The lowest BCUT2D eigenvalue weighted by atomic mass is 9.94. The minimum absolute atomic E-state index is 0.218. The summed E-state index contributed by atoms with van der Waals surface area (Å²) in [6.45, 7) is 8.78. The molecule has 4 heteroatoms. The Labute approximate surface area is 141 Å². The van der Waals surface area contributed by atoms with E-state index < -0.39 is 0 Å². The van der Waals surface area contributed by atoms with Gasteiger partial charge in [0.05, 0.1) is 0 Å². The molecule has 0 saturated carbocycles. The number of hydrogen-bond acceptors (Lipinski definition) is 3. The first-order valence-electron chi connectivity index (χ1n) is 8.83. The Morgan fingerprint density at radius 2 is 1.74 bits per heavy atom. The van der Waals surface area contributed by atoms with Crippen molar-refractivity contribution >= 4 is 11.6 Å². The summed E-state index contributed by atoms with van der Waals surface area (Å²) in [4.78, 5) is 19.1. The van der Waals surface area contributed by atoms with E-state index in [2.05, 4.69) is 62.0 Å². The highest BCUT2D eigenvalue weighted by atomic mass is 16.2. The van der Waals surface area contributed by atoms with Gasteiger partial charge >= 0.3 is 0 Å². The highest BCUT2D eigenvalue weighted by Crippen LogP contribution is 2.24. The monoisotopic (exact) mass is 317 g/mol. The first kappa shape index (κ1) is 17.8. The number of rotatable bonds is 6. The number of amides is 1. The molecule has 0 aliphatic carbocycles. The van der Waals surface area contributed by atoms with Gasteiger partial charge in [-0.2, -0.15) is 0 Å². The summed E-state index contributed by atoms with van der Waals surface area (Å²) < 4.78 is 0. The fourth-order valence-electron chi connectivity index (χ4n) is 3.45. The molecule has 23 heavy (non-hydrogen) atoms. The zero-order chi connectivity index (χ0) is 16.8. The number of piperidine rings is 1. The summed E-state index contributed by atoms with van der Waals surface area (Å²) in [5.41, 5.74) is 2.65. The number of hydrogen-bond donors (Lipinski definition) is 0. The topological polar surface area (TPSA) is 26.8 Å². The number of benzene rings is 1. The van der Waals surface area contributed by atoms with Crippen molar-refractivity contribution in [1.82, 2.24) is 9.80 Å². The highest BCUT2D eigenvalue weighted by molar-refractivity contribution is 5.78. The molecule has 0 atom stereocenters. The lowest BCUT2D eigenvalue weighted by Gasteiger charge is -2.34. The van der Waals surface area contributed by atoms with Crippen molar-refractivity contribution in [3.05, 3.63) is 29.8 Å². The van der Waals surface area contributed by atoms with Crippen LogP contribution in [-0.4, -0.2) is 56.0 Å². The molecular weight excluding hydrogens is 286 g/mol. The van der Waals surface area contributed by atoms with Gasteiger partial charge in [0.15, 0.2) is 0 Å². The van der Waals surface area contributed by atoms with Gasteiger partial charge in [-0.15, -0.1) is 0 Å². The maximum Gasteiger partial charge on any atom is 0.225 e. The number of carbonyl (C=O) groups is 1. The summed E-state index contributed by atoms with van der Waals surface area (Å²) >= 11 is 0. The van der Waals surface area contributed by atoms with Gasteiger partial charge in [-0.05, 0) is 51.4 Å². The van der Waals surface area contributed by atoms with Crippen LogP contribution in [-0.2, 0) is 11.3 Å². The van der Waals surface area contributed by atoms with Crippen molar-refractivity contribution in [1.29, 1.82) is 0 Å². The second kappa shape index (κ2) is 8.34. The van der Waals surface area contributed by atoms with Crippen LogP contribution in [0.4, 0.5) is 5.69 Å². The summed E-state index contributed by atoms with van der Waals surface area (Å²) in [5, 5.41) is 0. The number of likely N-dealkylation sites (tertiary alicyclic amines) is 1. The van der Waals surface area contributed by atoms with Gasteiger partial charge in [-0.3, -0.25) is 9.69 Å². The van der Waals surface area contributed by atoms with Crippen molar-refractivity contribution < 1.29 is 4.79 Å². The third-order valence-electron chi connectivity index (χ3n) is 4.88. The normalized spacial score (nSPS) is 16.3. The van der Waals surface area contributed by atoms with Crippen molar-refractivity contribution in [2.45, 2.75) is 33.2 Å². The van der Waals surface area contributed by atoms with Crippen LogP contribution in [0.15, 0.2) is 24.3 Å². The van der Waals surface area contributed by atoms with Crippen LogP contribution in [0.2, 0.25) is 0 Å². The number of carbonyl (C=O) groups excluding carboxylic acids is 1. The quantitative estimate of drug-likeness (QED) is 0.807. The Balaban J connectivity index is 1.92. The molecule has 0 unspecified atom stereocenters. The fraction of sp³-hybridized carbons (Fsp3) is 0.632. The molecule has 4 nitrogen and oxygen atoms in total. The Bertz CT molecular complexity index is 503. The molecule has 128 valence electrons. The van der Waals surface area contributed by atoms with Gasteiger partial charge in [0, 0.05) is 45.3 Å². The van der Waals surface area contributed by atoms with Gasteiger partial charge in [-0.1, -0.05) is 18.2 Å². The Hall–Kier alpha value is -1.55. The van der Waals surface area contributed by atoms with E-state index in [0.29, 0.717) is 5.91 Å². The summed E-state index contributed by atoms with van der Waals surface area (Å²) in [5.74, 6) is 0.568. The molecule has 1 aromatic rings. The van der Waals surface area contributed by atoms with Crippen LogP contribution in [0.5, 0.6) is 0 Å². The maximum atomic E-state index is 12.5. The van der Waals surface area contributed by atoms with Gasteiger partial charge in [0.2, 0.25) is 5.91 Å². The van der Waals surface area contributed by atoms with E-state index in [4.69, 9.17) is 0 Å². The molecule has 1 aromatic carbocycles. The average Bonchev–Trinajstić information content (AvgIpc) is 2.57. The molecule has 1 heterocycles. The van der Waals surface area contributed by atoms with E-state index >= 15 is 0 Å². The molecule has 0 spiro atoms. The lowest BCUT2D eigenvalue weighted by molar-refractivity contribution is -0.136. The molecule has 0 N–H and O–H groups in total. The largest absolute Gasteiger partial charge is 0.377 e. The summed E-state index contributed by atoms with van der Waals surface area (Å²) in [6, 6.07) is 8.58. The van der Waals surface area contributed by atoms with Gasteiger partial charge in [0.25, 0.3) is 0 Å². The molecule has 0 radical (unpaired) electrons. The molecular formula is C19H31N3O. The smallest absolute Gasteiger partial charge is 0.225 e. The van der Waals surface area contributed by atoms with Crippen molar-refractivity contribution in [3.63, 3.8) is 0 Å². The molecule has 0 aromatic heterocycles. The van der Waals surface area contributed by atoms with Crippen LogP contribution in [0.25, 0.3) is 0 Å². The summed E-state index contributed by atoms with van der Waals surface area (Å²) in [7, 11) is 4.18. The van der Waals surface area contributed by atoms with E-state index in [1.807, 2.05) is 4.90 Å². The van der Waals surface area contributed by atoms with Crippen LogP contribution in [0.1, 0.15) is 32.3 Å². The van der Waals surface area contributed by atoms with Crippen LogP contribution < -0.4 is 4.90 Å². The zero-order valence-electron chi connectivity index (χ0n) is 15.1. The number of para-hydroxylation sites is 1. The van der Waals surface area contributed by atoms with E-state index in [9.17, 15) is 4.79 Å². The van der Waals surface area contributed by atoms with Crippen LogP contribution in [0, 0.1) is 5.92 Å². The molecule has 1 amide bonds.